The van der Waals surface area contributed by atoms with Crippen molar-refractivity contribution in [2.75, 3.05) is 13.2 Å². The molecule has 70 valence electrons. The molecule has 0 radical (unpaired) electrons. The molecule has 0 aromatic rings. The first-order chi connectivity index (χ1) is 5.83. The summed E-state index contributed by atoms with van der Waals surface area (Å²) in [5.41, 5.74) is 0. The van der Waals surface area contributed by atoms with Crippen LogP contribution in [0.3, 0.4) is 0 Å². The van der Waals surface area contributed by atoms with E-state index in [1.54, 1.807) is 0 Å². The van der Waals surface area contributed by atoms with Gasteiger partial charge < -0.3 is 10.1 Å². The number of rotatable bonds is 3. The first-order valence-electron chi connectivity index (χ1n) is 4.73. The normalized spacial score (nSPS) is 17.8. The molecule has 0 atom stereocenters. The molecular formula is C9H17NO2. The van der Waals surface area contributed by atoms with Crippen molar-refractivity contribution in [1.82, 2.24) is 5.32 Å². The molecule has 0 bridgehead atoms. The van der Waals surface area contributed by atoms with Gasteiger partial charge in [0.2, 0.25) is 0 Å². The van der Waals surface area contributed by atoms with Gasteiger partial charge in [-0.05, 0) is 25.7 Å². The average Bonchev–Trinajstić information content (AvgIpc) is 2.53. The highest BCUT2D eigenvalue weighted by Crippen LogP contribution is 2.23. The zero-order valence-corrected chi connectivity index (χ0v) is 7.64. The zero-order chi connectivity index (χ0) is 8.81. The first-order valence-corrected chi connectivity index (χ1v) is 4.73. The second-order valence-corrected chi connectivity index (χ2v) is 3.25. The van der Waals surface area contributed by atoms with Crippen LogP contribution in [0.1, 0.15) is 32.6 Å². The van der Waals surface area contributed by atoms with Gasteiger partial charge in [-0.1, -0.05) is 12.8 Å². The molecular weight excluding hydrogens is 154 g/mol. The fraction of sp³-hybridized carbons (Fsp3) is 0.889. The van der Waals surface area contributed by atoms with Gasteiger partial charge in [0.1, 0.15) is 0 Å². The number of carbonyl (C=O) groups is 1. The Labute approximate surface area is 73.5 Å². The fourth-order valence-electron chi connectivity index (χ4n) is 1.62. The molecule has 1 fully saturated rings. The van der Waals surface area contributed by atoms with Gasteiger partial charge in [-0.2, -0.15) is 0 Å². The highest BCUT2D eigenvalue weighted by molar-refractivity contribution is 5.66. The summed E-state index contributed by atoms with van der Waals surface area (Å²) >= 11 is 0. The molecule has 0 aromatic carbocycles. The summed E-state index contributed by atoms with van der Waals surface area (Å²) in [5.74, 6) is 0.689. The topological polar surface area (TPSA) is 38.3 Å². The van der Waals surface area contributed by atoms with Crippen LogP contribution in [0.2, 0.25) is 0 Å². The third-order valence-electron chi connectivity index (χ3n) is 2.29. The summed E-state index contributed by atoms with van der Waals surface area (Å²) < 4.78 is 4.75. The smallest absolute Gasteiger partial charge is 0.407 e. The number of alkyl carbamates (subject to hydrolysis) is 1. The van der Waals surface area contributed by atoms with Crippen LogP contribution in [0, 0.1) is 5.92 Å². The summed E-state index contributed by atoms with van der Waals surface area (Å²) in [6, 6.07) is 0. The van der Waals surface area contributed by atoms with Gasteiger partial charge in [-0.15, -0.1) is 0 Å². The Hall–Kier alpha value is -0.730. The molecule has 3 nitrogen and oxygen atoms in total. The second kappa shape index (κ2) is 5.01. The Kier molecular flexibility index (Phi) is 3.91. The standard InChI is InChI=1S/C9H17NO2/c1-2-12-9(11)10-7-8-5-3-4-6-8/h8H,2-7H2,1H3,(H,10,11). The highest BCUT2D eigenvalue weighted by atomic mass is 16.5. The molecule has 1 N–H and O–H groups in total. The number of hydrogen-bond acceptors (Lipinski definition) is 2. The van der Waals surface area contributed by atoms with E-state index in [1.165, 1.54) is 25.7 Å². The monoisotopic (exact) mass is 171 g/mol. The molecule has 0 saturated heterocycles. The van der Waals surface area contributed by atoms with E-state index in [9.17, 15) is 4.79 Å². The first kappa shape index (κ1) is 9.36. The Morgan fingerprint density at radius 3 is 2.75 bits per heavy atom. The number of hydrogen-bond donors (Lipinski definition) is 1. The van der Waals surface area contributed by atoms with Crippen molar-refractivity contribution < 1.29 is 9.53 Å². The minimum Gasteiger partial charge on any atom is -0.450 e. The van der Waals surface area contributed by atoms with E-state index in [0.717, 1.165) is 6.54 Å². The van der Waals surface area contributed by atoms with Crippen LogP contribution in [0.5, 0.6) is 0 Å². The van der Waals surface area contributed by atoms with Crippen molar-refractivity contribution in [2.45, 2.75) is 32.6 Å². The van der Waals surface area contributed by atoms with Crippen molar-refractivity contribution in [3.8, 4) is 0 Å². The predicted molar refractivity (Wildman–Crippen MR) is 47.0 cm³/mol. The van der Waals surface area contributed by atoms with E-state index in [4.69, 9.17) is 4.74 Å². The quantitative estimate of drug-likeness (QED) is 0.704. The maximum absolute atomic E-state index is 10.9. The van der Waals surface area contributed by atoms with Gasteiger partial charge in [-0.25, -0.2) is 4.79 Å². The Morgan fingerprint density at radius 1 is 1.50 bits per heavy atom. The lowest BCUT2D eigenvalue weighted by Crippen LogP contribution is -2.28. The number of nitrogens with one attached hydrogen (secondary N) is 1. The van der Waals surface area contributed by atoms with Gasteiger partial charge >= 0.3 is 6.09 Å². The van der Waals surface area contributed by atoms with E-state index in [0.29, 0.717) is 12.5 Å². The van der Waals surface area contributed by atoms with E-state index in [-0.39, 0.29) is 6.09 Å². The SMILES string of the molecule is CCOC(=O)NCC1CCCC1. The van der Waals surface area contributed by atoms with Crippen molar-refractivity contribution in [1.29, 1.82) is 0 Å². The van der Waals surface area contributed by atoms with Crippen LogP contribution in [-0.2, 0) is 4.74 Å². The largest absolute Gasteiger partial charge is 0.450 e. The molecule has 1 saturated carbocycles. The minimum absolute atomic E-state index is 0.274. The van der Waals surface area contributed by atoms with E-state index in [1.807, 2.05) is 6.92 Å². The molecule has 1 aliphatic carbocycles. The molecule has 0 aliphatic heterocycles. The van der Waals surface area contributed by atoms with Crippen LogP contribution in [0.15, 0.2) is 0 Å². The molecule has 0 heterocycles. The molecule has 1 amide bonds. The lowest BCUT2D eigenvalue weighted by molar-refractivity contribution is 0.150. The van der Waals surface area contributed by atoms with Gasteiger partial charge in [0, 0.05) is 6.54 Å². The molecule has 0 unspecified atom stereocenters. The zero-order valence-electron chi connectivity index (χ0n) is 7.64. The van der Waals surface area contributed by atoms with Crippen molar-refractivity contribution in [3.63, 3.8) is 0 Å². The Morgan fingerprint density at radius 2 is 2.17 bits per heavy atom. The van der Waals surface area contributed by atoms with Gasteiger partial charge in [0.15, 0.2) is 0 Å². The predicted octanol–water partition coefficient (Wildman–Crippen LogP) is 1.92. The molecule has 1 aliphatic rings. The maximum atomic E-state index is 10.9. The maximum Gasteiger partial charge on any atom is 0.407 e. The van der Waals surface area contributed by atoms with Crippen molar-refractivity contribution in [3.05, 3.63) is 0 Å². The summed E-state index contributed by atoms with van der Waals surface area (Å²) in [6.07, 6.45) is 4.87. The highest BCUT2D eigenvalue weighted by Gasteiger charge is 2.15. The number of carbonyl (C=O) groups excluding carboxylic acids is 1. The van der Waals surface area contributed by atoms with E-state index in [2.05, 4.69) is 5.32 Å². The van der Waals surface area contributed by atoms with Crippen molar-refractivity contribution in [2.24, 2.45) is 5.92 Å². The van der Waals surface area contributed by atoms with Crippen LogP contribution in [0.25, 0.3) is 0 Å². The van der Waals surface area contributed by atoms with Crippen LogP contribution >= 0.6 is 0 Å². The number of amides is 1. The third-order valence-corrected chi connectivity index (χ3v) is 2.29. The summed E-state index contributed by atoms with van der Waals surface area (Å²) in [7, 11) is 0. The lowest BCUT2D eigenvalue weighted by atomic mass is 10.1. The molecule has 12 heavy (non-hydrogen) atoms. The summed E-state index contributed by atoms with van der Waals surface area (Å²) in [5, 5.41) is 2.76. The van der Waals surface area contributed by atoms with Gasteiger partial charge in [-0.3, -0.25) is 0 Å². The number of ether oxygens (including phenoxy) is 1. The van der Waals surface area contributed by atoms with Crippen LogP contribution in [-0.4, -0.2) is 19.2 Å². The van der Waals surface area contributed by atoms with E-state index >= 15 is 0 Å². The van der Waals surface area contributed by atoms with Crippen molar-refractivity contribution >= 4 is 6.09 Å². The second-order valence-electron chi connectivity index (χ2n) is 3.25. The average molecular weight is 171 g/mol. The summed E-state index contributed by atoms with van der Waals surface area (Å²) in [4.78, 5) is 10.9. The minimum atomic E-state index is -0.274. The molecule has 0 spiro atoms. The van der Waals surface area contributed by atoms with Gasteiger partial charge in [0.25, 0.3) is 0 Å². The third kappa shape index (κ3) is 3.11. The van der Waals surface area contributed by atoms with Gasteiger partial charge in [0.05, 0.1) is 6.61 Å². The Balaban J connectivity index is 2.03. The lowest BCUT2D eigenvalue weighted by Gasteiger charge is -2.09. The molecule has 1 rings (SSSR count). The van der Waals surface area contributed by atoms with Crippen LogP contribution in [0.4, 0.5) is 4.79 Å². The molecule has 3 heteroatoms. The van der Waals surface area contributed by atoms with Crippen LogP contribution < -0.4 is 5.32 Å². The Bertz CT molecular complexity index is 141. The fourth-order valence-corrected chi connectivity index (χ4v) is 1.62. The molecule has 0 aromatic heterocycles. The van der Waals surface area contributed by atoms with E-state index < -0.39 is 0 Å². The summed E-state index contributed by atoms with van der Waals surface area (Å²) in [6.45, 7) is 3.06.